The van der Waals surface area contributed by atoms with Crippen molar-refractivity contribution in [1.82, 2.24) is 4.98 Å². The Kier molecular flexibility index (Phi) is 5.39. The molecule has 0 spiro atoms. The van der Waals surface area contributed by atoms with Gasteiger partial charge in [0.25, 0.3) is 0 Å². The molecule has 5 aromatic carbocycles. The van der Waals surface area contributed by atoms with Gasteiger partial charge in [-0.1, -0.05) is 91.0 Å². The molecule has 3 nitrogen and oxygen atoms in total. The van der Waals surface area contributed by atoms with Gasteiger partial charge in [0.05, 0.1) is 5.75 Å². The van der Waals surface area contributed by atoms with Gasteiger partial charge in [0, 0.05) is 17.0 Å². The van der Waals surface area contributed by atoms with Gasteiger partial charge < -0.3 is 7.58 Å². The van der Waals surface area contributed by atoms with Crippen LogP contribution in [0.5, 0.6) is 11.5 Å². The molecule has 0 saturated carbocycles. The second-order valence-corrected chi connectivity index (χ2v) is 8.97. The van der Waals surface area contributed by atoms with E-state index in [1.165, 1.54) is 27.3 Å². The highest BCUT2D eigenvalue weighted by atomic mass is 27.2. The van der Waals surface area contributed by atoms with Crippen LogP contribution in [0, 0.1) is 6.92 Å². The van der Waals surface area contributed by atoms with Crippen molar-refractivity contribution in [3.05, 3.63) is 115 Å². The normalized spacial score (nSPS) is 11.1. The van der Waals surface area contributed by atoms with E-state index in [-0.39, 0.29) is 0 Å². The smallest absolute Gasteiger partial charge is 0.615 e. The summed E-state index contributed by atoms with van der Waals surface area (Å²) in [7, 11) is 0. The molecular formula is C30H21AlNO2. The van der Waals surface area contributed by atoms with Crippen LogP contribution in [-0.2, 0) is 0 Å². The summed E-state index contributed by atoms with van der Waals surface area (Å²) in [6, 6.07) is 35.7. The molecular weight excluding hydrogens is 433 g/mol. The maximum atomic E-state index is 6.24. The third kappa shape index (κ3) is 3.68. The van der Waals surface area contributed by atoms with Crippen molar-refractivity contribution >= 4 is 48.3 Å². The van der Waals surface area contributed by atoms with E-state index in [0.717, 1.165) is 33.4 Å². The Morgan fingerprint density at radius 3 is 2.24 bits per heavy atom. The minimum absolute atomic E-state index is 0.757. The van der Waals surface area contributed by atoms with Gasteiger partial charge in [0.2, 0.25) is 0 Å². The van der Waals surface area contributed by atoms with Crippen LogP contribution in [0.1, 0.15) is 5.56 Å². The molecule has 0 amide bonds. The topological polar surface area (TPSA) is 31.4 Å². The number of aryl methyl sites for hydroxylation is 1. The van der Waals surface area contributed by atoms with Gasteiger partial charge in [-0.3, -0.25) is 4.98 Å². The van der Waals surface area contributed by atoms with Gasteiger partial charge in [0.1, 0.15) is 11.3 Å². The number of fused-ring (bicyclic) bond motifs is 3. The Morgan fingerprint density at radius 1 is 0.588 bits per heavy atom. The molecule has 0 unspecified atom stereocenters. The molecule has 0 N–H and O–H groups in total. The predicted octanol–water partition coefficient (Wildman–Crippen LogP) is 7.51. The van der Waals surface area contributed by atoms with Crippen molar-refractivity contribution in [2.75, 3.05) is 0 Å². The average molecular weight is 454 g/mol. The molecule has 0 aliphatic heterocycles. The number of nitrogens with zero attached hydrogens (tertiary/aromatic N) is 1. The molecule has 6 rings (SSSR count). The molecule has 4 heteroatoms. The number of benzene rings is 5. The van der Waals surface area contributed by atoms with Gasteiger partial charge >= 0.3 is 15.9 Å². The Bertz CT molecular complexity index is 1660. The number of hydrogen-bond acceptors (Lipinski definition) is 3. The molecule has 1 heterocycles. The first-order chi connectivity index (χ1) is 16.8. The lowest BCUT2D eigenvalue weighted by Crippen LogP contribution is -2.12. The first-order valence-corrected chi connectivity index (χ1v) is 12.2. The van der Waals surface area contributed by atoms with Gasteiger partial charge in [-0.2, -0.15) is 0 Å². The molecule has 0 bridgehead atoms. The van der Waals surface area contributed by atoms with Gasteiger partial charge in [0.15, 0.2) is 0 Å². The third-order valence-corrected chi connectivity index (χ3v) is 6.91. The minimum atomic E-state index is -0.757. The fourth-order valence-corrected chi connectivity index (χ4v) is 5.31. The van der Waals surface area contributed by atoms with Crippen LogP contribution in [0.4, 0.5) is 0 Å². The lowest BCUT2D eigenvalue weighted by atomic mass is 9.94. The highest BCUT2D eigenvalue weighted by Gasteiger charge is 2.15. The zero-order valence-corrected chi connectivity index (χ0v) is 19.9. The lowest BCUT2D eigenvalue weighted by Gasteiger charge is -2.16. The van der Waals surface area contributed by atoms with Crippen LogP contribution < -0.4 is 7.58 Å². The predicted molar refractivity (Wildman–Crippen MR) is 140 cm³/mol. The summed E-state index contributed by atoms with van der Waals surface area (Å²) in [6.07, 6.45) is 1.80. The molecule has 0 atom stereocenters. The molecule has 0 aliphatic carbocycles. The summed E-state index contributed by atoms with van der Waals surface area (Å²) >= 11 is -0.757. The molecule has 0 aliphatic rings. The Balaban J connectivity index is 1.35. The maximum absolute atomic E-state index is 6.24. The molecule has 6 aromatic rings. The lowest BCUT2D eigenvalue weighted by molar-refractivity contribution is 0.462. The van der Waals surface area contributed by atoms with Crippen molar-refractivity contribution in [1.29, 1.82) is 0 Å². The SMILES string of the molecule is Cc1ccc2cccnc2c1[O][Al][O]c1ccc(-c2cccc3ccccc23)c2ccccc12. The molecule has 1 aromatic heterocycles. The van der Waals surface area contributed by atoms with Crippen LogP contribution in [0.15, 0.2) is 109 Å². The summed E-state index contributed by atoms with van der Waals surface area (Å²) in [5, 5.41) is 5.79. The summed E-state index contributed by atoms with van der Waals surface area (Å²) < 4.78 is 12.4. The van der Waals surface area contributed by atoms with E-state index < -0.39 is 15.9 Å². The highest BCUT2D eigenvalue weighted by molar-refractivity contribution is 6.22. The second kappa shape index (κ2) is 8.84. The van der Waals surface area contributed by atoms with E-state index in [1.807, 2.05) is 19.1 Å². The molecule has 161 valence electrons. The summed E-state index contributed by atoms with van der Waals surface area (Å²) in [5.41, 5.74) is 4.35. The zero-order valence-electron chi connectivity index (χ0n) is 18.7. The maximum Gasteiger partial charge on any atom is 0.881 e. The van der Waals surface area contributed by atoms with Crippen molar-refractivity contribution in [2.24, 2.45) is 0 Å². The van der Waals surface area contributed by atoms with E-state index in [0.29, 0.717) is 0 Å². The zero-order chi connectivity index (χ0) is 22.9. The second-order valence-electron chi connectivity index (χ2n) is 8.30. The first kappa shape index (κ1) is 20.7. The van der Waals surface area contributed by atoms with Crippen LogP contribution in [-0.4, -0.2) is 20.9 Å². The molecule has 34 heavy (non-hydrogen) atoms. The third-order valence-electron chi connectivity index (χ3n) is 6.23. The van der Waals surface area contributed by atoms with E-state index in [9.17, 15) is 0 Å². The van der Waals surface area contributed by atoms with E-state index in [4.69, 9.17) is 7.58 Å². The van der Waals surface area contributed by atoms with E-state index in [2.05, 4.69) is 96.0 Å². The van der Waals surface area contributed by atoms with Crippen molar-refractivity contribution in [2.45, 2.75) is 6.92 Å². The standard InChI is InChI=1S/C20H14O.C10H9NO.Al/c21-20-13-12-18(17-9-3-4-10-19(17)20)16-11-5-7-14-6-1-2-8-15(14)16;1-7-4-5-8-3-2-6-11-9(8)10(7)12;/h1-13,21H;2-6,12H,1H3;/q;;+2/p-2. The van der Waals surface area contributed by atoms with E-state index in [1.54, 1.807) is 6.20 Å². The Morgan fingerprint density at radius 2 is 1.32 bits per heavy atom. The summed E-state index contributed by atoms with van der Waals surface area (Å²) in [6.45, 7) is 2.04. The minimum Gasteiger partial charge on any atom is -0.615 e. The number of aromatic nitrogens is 1. The van der Waals surface area contributed by atoms with Crippen molar-refractivity contribution in [3.63, 3.8) is 0 Å². The van der Waals surface area contributed by atoms with Gasteiger partial charge in [-0.05, 0) is 51.9 Å². The molecule has 1 radical (unpaired) electrons. The van der Waals surface area contributed by atoms with Crippen LogP contribution in [0.3, 0.4) is 0 Å². The highest BCUT2D eigenvalue weighted by Crippen LogP contribution is 2.37. The number of rotatable bonds is 5. The quantitative estimate of drug-likeness (QED) is 0.253. The van der Waals surface area contributed by atoms with Gasteiger partial charge in [-0.15, -0.1) is 0 Å². The van der Waals surface area contributed by atoms with E-state index >= 15 is 0 Å². The fraction of sp³-hybridized carbons (Fsp3) is 0.0333. The van der Waals surface area contributed by atoms with Crippen LogP contribution >= 0.6 is 0 Å². The van der Waals surface area contributed by atoms with Crippen molar-refractivity contribution < 1.29 is 7.58 Å². The number of hydrogen-bond donors (Lipinski definition) is 0. The molecule has 0 saturated heterocycles. The molecule has 0 fully saturated rings. The van der Waals surface area contributed by atoms with Gasteiger partial charge in [-0.25, -0.2) is 0 Å². The summed E-state index contributed by atoms with van der Waals surface area (Å²) in [5.74, 6) is 1.63. The monoisotopic (exact) mass is 454 g/mol. The van der Waals surface area contributed by atoms with Crippen molar-refractivity contribution in [3.8, 4) is 22.6 Å². The first-order valence-electron chi connectivity index (χ1n) is 11.3. The fourth-order valence-electron chi connectivity index (χ4n) is 4.56. The summed E-state index contributed by atoms with van der Waals surface area (Å²) in [4.78, 5) is 4.52. The Hall–Kier alpha value is -3.84. The largest absolute Gasteiger partial charge is 0.881 e. The number of pyridine rings is 1. The van der Waals surface area contributed by atoms with Crippen LogP contribution in [0.25, 0.3) is 43.6 Å². The Labute approximate surface area is 205 Å². The average Bonchev–Trinajstić information content (AvgIpc) is 2.90. The van der Waals surface area contributed by atoms with Crippen LogP contribution in [0.2, 0.25) is 0 Å².